The van der Waals surface area contributed by atoms with E-state index in [1.807, 2.05) is 30.5 Å². The van der Waals surface area contributed by atoms with E-state index < -0.39 is 0 Å². The molecule has 0 radical (unpaired) electrons. The number of carbonyl (C=O) groups is 1. The van der Waals surface area contributed by atoms with Crippen molar-refractivity contribution in [3.63, 3.8) is 0 Å². The largest absolute Gasteiger partial charge is 0.452 e. The van der Waals surface area contributed by atoms with Gasteiger partial charge in [0.1, 0.15) is 0 Å². The van der Waals surface area contributed by atoms with Crippen LogP contribution < -0.4 is 5.32 Å². The minimum absolute atomic E-state index is 0.334. The Morgan fingerprint density at radius 1 is 1.42 bits per heavy atom. The molecule has 0 bridgehead atoms. The van der Waals surface area contributed by atoms with Crippen LogP contribution in [0.1, 0.15) is 24.1 Å². The Balaban J connectivity index is 2.40. The normalized spacial score (nSPS) is 17.7. The third kappa shape index (κ3) is 1.71. The molecule has 1 aromatic carbocycles. The van der Waals surface area contributed by atoms with E-state index in [9.17, 15) is 4.79 Å². The van der Waals surface area contributed by atoms with Crippen LogP contribution in [0.15, 0.2) is 30.5 Å². The Morgan fingerprint density at radius 2 is 2.21 bits per heavy atom. The number of nitrogens with one attached hydrogen (secondary N) is 1. The van der Waals surface area contributed by atoms with E-state index in [1.165, 1.54) is 12.7 Å². The lowest BCUT2D eigenvalue weighted by atomic mass is 9.98. The summed E-state index contributed by atoms with van der Waals surface area (Å²) in [4.78, 5) is 12.1. The molecule has 4 heteroatoms. The molecule has 3 rings (SSSR count). The van der Waals surface area contributed by atoms with Crippen LogP contribution in [0.2, 0.25) is 0 Å². The average Bonchev–Trinajstić information content (AvgIpc) is 2.64. The third-order valence-electron chi connectivity index (χ3n) is 3.59. The number of fused-ring (bicyclic) bond motifs is 3. The lowest BCUT2D eigenvalue weighted by Crippen LogP contribution is -2.13. The molecule has 0 amide bonds. The summed E-state index contributed by atoms with van der Waals surface area (Å²) < 4.78 is 6.56. The van der Waals surface area contributed by atoms with Gasteiger partial charge in [-0.2, -0.15) is 0 Å². The first-order valence-corrected chi connectivity index (χ1v) is 6.35. The van der Waals surface area contributed by atoms with Gasteiger partial charge < -0.3 is 10.1 Å². The van der Waals surface area contributed by atoms with Gasteiger partial charge in [-0.3, -0.25) is 0 Å². The molecule has 19 heavy (non-hydrogen) atoms. The van der Waals surface area contributed by atoms with Crippen LogP contribution in [0.25, 0.3) is 17.0 Å². The van der Waals surface area contributed by atoms with Crippen molar-refractivity contribution < 1.29 is 9.53 Å². The van der Waals surface area contributed by atoms with Crippen LogP contribution in [-0.2, 0) is 4.74 Å². The van der Waals surface area contributed by atoms with E-state index >= 15 is 0 Å². The molecule has 1 atom stereocenters. The van der Waals surface area contributed by atoms with Crippen molar-refractivity contribution in [1.82, 2.24) is 9.88 Å². The van der Waals surface area contributed by atoms with E-state index in [-0.39, 0.29) is 6.09 Å². The number of benzene rings is 1. The van der Waals surface area contributed by atoms with Gasteiger partial charge in [-0.25, -0.2) is 9.36 Å². The predicted octanol–water partition coefficient (Wildman–Crippen LogP) is 2.93. The number of carbonyl (C=O) groups excluding carboxylic acids is 1. The van der Waals surface area contributed by atoms with Gasteiger partial charge in [-0.05, 0) is 23.9 Å². The van der Waals surface area contributed by atoms with E-state index in [0.29, 0.717) is 5.92 Å². The summed E-state index contributed by atoms with van der Waals surface area (Å²) in [5.41, 5.74) is 3.01. The van der Waals surface area contributed by atoms with Crippen LogP contribution in [-0.4, -0.2) is 24.3 Å². The lowest BCUT2D eigenvalue weighted by molar-refractivity contribution is 0.174. The van der Waals surface area contributed by atoms with Crippen molar-refractivity contribution in [3.05, 3.63) is 41.7 Å². The first-order chi connectivity index (χ1) is 9.24. The fraction of sp³-hybridized carbons (Fsp3) is 0.267. The highest BCUT2D eigenvalue weighted by Crippen LogP contribution is 2.33. The molecule has 0 saturated heterocycles. The van der Waals surface area contributed by atoms with Gasteiger partial charge in [0.15, 0.2) is 0 Å². The first kappa shape index (κ1) is 11.8. The van der Waals surface area contributed by atoms with Gasteiger partial charge in [-0.1, -0.05) is 25.1 Å². The monoisotopic (exact) mass is 256 g/mol. The molecule has 1 unspecified atom stereocenters. The number of aromatic nitrogens is 1. The number of ether oxygens (including phenoxy) is 1. The van der Waals surface area contributed by atoms with E-state index in [0.717, 1.165) is 23.1 Å². The van der Waals surface area contributed by atoms with Gasteiger partial charge in [0.05, 0.1) is 18.3 Å². The Bertz CT molecular complexity index is 670. The predicted molar refractivity (Wildman–Crippen MR) is 75.2 cm³/mol. The van der Waals surface area contributed by atoms with E-state index in [2.05, 4.69) is 18.3 Å². The third-order valence-corrected chi connectivity index (χ3v) is 3.59. The Kier molecular flexibility index (Phi) is 2.78. The van der Waals surface area contributed by atoms with Gasteiger partial charge in [0.25, 0.3) is 0 Å². The first-order valence-electron chi connectivity index (χ1n) is 6.35. The molecule has 1 aliphatic rings. The van der Waals surface area contributed by atoms with Gasteiger partial charge in [0.2, 0.25) is 0 Å². The summed E-state index contributed by atoms with van der Waals surface area (Å²) in [6.45, 7) is 3.02. The molecule has 0 saturated carbocycles. The number of methoxy groups -OCH3 is 1. The topological polar surface area (TPSA) is 43.3 Å². The maximum absolute atomic E-state index is 12.1. The molecule has 98 valence electrons. The minimum Gasteiger partial charge on any atom is -0.452 e. The van der Waals surface area contributed by atoms with Crippen molar-refractivity contribution in [1.29, 1.82) is 0 Å². The van der Waals surface area contributed by atoms with Crippen molar-refractivity contribution in [2.24, 2.45) is 0 Å². The zero-order valence-corrected chi connectivity index (χ0v) is 11.0. The van der Waals surface area contributed by atoms with Gasteiger partial charge >= 0.3 is 6.09 Å². The van der Waals surface area contributed by atoms with Gasteiger partial charge in [-0.15, -0.1) is 0 Å². The molecular weight excluding hydrogens is 240 g/mol. The van der Waals surface area contributed by atoms with Crippen LogP contribution in [0.3, 0.4) is 0 Å². The second kappa shape index (κ2) is 4.46. The van der Waals surface area contributed by atoms with Crippen LogP contribution >= 0.6 is 0 Å². The summed E-state index contributed by atoms with van der Waals surface area (Å²) in [7, 11) is 1.41. The molecule has 0 spiro atoms. The molecule has 1 aliphatic heterocycles. The van der Waals surface area contributed by atoms with Crippen molar-refractivity contribution in [3.8, 4) is 0 Å². The lowest BCUT2D eigenvalue weighted by Gasteiger charge is -2.09. The molecule has 1 N–H and O–H groups in total. The Hall–Kier alpha value is -2.23. The van der Waals surface area contributed by atoms with E-state index in [1.54, 1.807) is 4.57 Å². The molecule has 0 aliphatic carbocycles. The quantitative estimate of drug-likeness (QED) is 0.788. The Morgan fingerprint density at radius 3 is 3.00 bits per heavy atom. The number of para-hydroxylation sites is 1. The smallest absolute Gasteiger partial charge is 0.418 e. The van der Waals surface area contributed by atoms with Crippen molar-refractivity contribution in [2.45, 2.75) is 12.8 Å². The molecule has 4 nitrogen and oxygen atoms in total. The fourth-order valence-corrected chi connectivity index (χ4v) is 2.74. The van der Waals surface area contributed by atoms with Crippen molar-refractivity contribution in [2.75, 3.05) is 13.7 Å². The average molecular weight is 256 g/mol. The van der Waals surface area contributed by atoms with Gasteiger partial charge in [0, 0.05) is 17.8 Å². The molecule has 1 aromatic heterocycles. The van der Waals surface area contributed by atoms with Crippen molar-refractivity contribution >= 4 is 23.1 Å². The Labute approximate surface area is 111 Å². The number of rotatable bonds is 0. The maximum atomic E-state index is 12.1. The maximum Gasteiger partial charge on any atom is 0.418 e. The number of hydrogen-bond acceptors (Lipinski definition) is 3. The van der Waals surface area contributed by atoms with Crippen LogP contribution in [0.5, 0.6) is 0 Å². The highest BCUT2D eigenvalue weighted by Gasteiger charge is 2.24. The number of nitrogens with zero attached hydrogens (tertiary/aromatic N) is 1. The number of hydrogen-bond donors (Lipinski definition) is 1. The summed E-state index contributed by atoms with van der Waals surface area (Å²) in [5, 5.41) is 4.35. The molecule has 0 fully saturated rings. The zero-order valence-electron chi connectivity index (χ0n) is 11.0. The minimum atomic E-state index is -0.351. The second-order valence-electron chi connectivity index (χ2n) is 4.76. The summed E-state index contributed by atoms with van der Waals surface area (Å²) in [5.74, 6) is 0.334. The van der Waals surface area contributed by atoms with Crippen LogP contribution in [0.4, 0.5) is 4.79 Å². The van der Waals surface area contributed by atoms with E-state index in [4.69, 9.17) is 4.74 Å². The zero-order chi connectivity index (χ0) is 13.4. The highest BCUT2D eigenvalue weighted by molar-refractivity contribution is 5.96. The molecule has 2 heterocycles. The second-order valence-corrected chi connectivity index (χ2v) is 4.76. The fourth-order valence-electron chi connectivity index (χ4n) is 2.74. The summed E-state index contributed by atoms with van der Waals surface area (Å²) >= 11 is 0. The SMILES string of the molecule is COC(=O)n1c2c(c3ccccc31)C(C)CNC=C2. The summed E-state index contributed by atoms with van der Waals surface area (Å²) in [6.07, 6.45) is 3.48. The highest BCUT2D eigenvalue weighted by atomic mass is 16.5. The molecule has 2 aromatic rings. The standard InChI is InChI=1S/C15H16N2O2/c1-10-9-16-8-7-13-14(10)11-5-3-4-6-12(11)17(13)15(18)19-2/h3-8,10,16H,9H2,1-2H3. The summed E-state index contributed by atoms with van der Waals surface area (Å²) in [6, 6.07) is 7.95. The van der Waals surface area contributed by atoms with Crippen LogP contribution in [0, 0.1) is 0 Å². The molecular formula is C15H16N2O2.